The van der Waals surface area contributed by atoms with Crippen molar-refractivity contribution in [3.63, 3.8) is 0 Å². The van der Waals surface area contributed by atoms with E-state index in [-0.39, 0.29) is 17.7 Å². The number of methoxy groups -OCH3 is 3. The van der Waals surface area contributed by atoms with Gasteiger partial charge in [-0.25, -0.2) is 9.18 Å². The largest absolute Gasteiger partial charge is 0.493 e. The molecule has 0 aliphatic rings. The lowest BCUT2D eigenvalue weighted by Gasteiger charge is -2.14. The van der Waals surface area contributed by atoms with E-state index in [1.54, 1.807) is 6.07 Å². The lowest BCUT2D eigenvalue weighted by atomic mass is 10.1. The standard InChI is InChI=1S/C18H18FNO5/c1-23-15-9-13(18(22)25-3)14(10-16(15)24-2)20-17(21)8-11-5-4-6-12(19)7-11/h4-7,9-10H,8H2,1-3H3,(H,20,21). The predicted molar refractivity (Wildman–Crippen MR) is 89.6 cm³/mol. The van der Waals surface area contributed by atoms with E-state index in [0.717, 1.165) is 0 Å². The summed E-state index contributed by atoms with van der Waals surface area (Å²) in [5, 5.41) is 2.62. The van der Waals surface area contributed by atoms with Gasteiger partial charge in [-0.2, -0.15) is 0 Å². The number of esters is 1. The van der Waals surface area contributed by atoms with Crippen molar-refractivity contribution in [2.75, 3.05) is 26.6 Å². The van der Waals surface area contributed by atoms with Crippen molar-refractivity contribution in [3.8, 4) is 11.5 Å². The topological polar surface area (TPSA) is 73.9 Å². The Hall–Kier alpha value is -3.09. The van der Waals surface area contributed by atoms with Gasteiger partial charge in [0, 0.05) is 12.1 Å². The number of hydrogen-bond donors (Lipinski definition) is 1. The van der Waals surface area contributed by atoms with Crippen molar-refractivity contribution in [3.05, 3.63) is 53.3 Å². The molecule has 2 aromatic rings. The summed E-state index contributed by atoms with van der Waals surface area (Å²) in [5.74, 6) is -0.807. The average Bonchev–Trinajstić information content (AvgIpc) is 2.60. The van der Waals surface area contributed by atoms with Crippen LogP contribution in [0.3, 0.4) is 0 Å². The molecule has 6 nitrogen and oxygen atoms in total. The van der Waals surface area contributed by atoms with Crippen molar-refractivity contribution in [1.29, 1.82) is 0 Å². The van der Waals surface area contributed by atoms with E-state index in [9.17, 15) is 14.0 Å². The first-order valence-electron chi connectivity index (χ1n) is 7.37. The van der Waals surface area contributed by atoms with Crippen LogP contribution in [0.4, 0.5) is 10.1 Å². The lowest BCUT2D eigenvalue weighted by Crippen LogP contribution is -2.17. The van der Waals surface area contributed by atoms with Gasteiger partial charge in [-0.1, -0.05) is 12.1 Å². The van der Waals surface area contributed by atoms with E-state index >= 15 is 0 Å². The van der Waals surface area contributed by atoms with Crippen molar-refractivity contribution in [2.45, 2.75) is 6.42 Å². The number of rotatable bonds is 6. The number of anilines is 1. The first-order chi connectivity index (χ1) is 12.0. The van der Waals surface area contributed by atoms with Gasteiger partial charge in [0.15, 0.2) is 11.5 Å². The van der Waals surface area contributed by atoms with E-state index < -0.39 is 17.7 Å². The van der Waals surface area contributed by atoms with Gasteiger partial charge in [0.05, 0.1) is 39.0 Å². The fourth-order valence-corrected chi connectivity index (χ4v) is 2.29. The molecule has 25 heavy (non-hydrogen) atoms. The molecule has 0 aliphatic carbocycles. The number of benzene rings is 2. The number of carbonyl (C=O) groups excluding carboxylic acids is 2. The highest BCUT2D eigenvalue weighted by Gasteiger charge is 2.19. The van der Waals surface area contributed by atoms with Gasteiger partial charge in [-0.3, -0.25) is 4.79 Å². The molecule has 0 bridgehead atoms. The van der Waals surface area contributed by atoms with Crippen molar-refractivity contribution >= 4 is 17.6 Å². The monoisotopic (exact) mass is 347 g/mol. The number of hydrogen-bond acceptors (Lipinski definition) is 5. The Morgan fingerprint density at radius 3 is 2.32 bits per heavy atom. The summed E-state index contributed by atoms with van der Waals surface area (Å²) in [4.78, 5) is 24.2. The van der Waals surface area contributed by atoms with Crippen LogP contribution >= 0.6 is 0 Å². The van der Waals surface area contributed by atoms with Crippen LogP contribution < -0.4 is 14.8 Å². The molecule has 132 valence electrons. The van der Waals surface area contributed by atoms with Crippen molar-refractivity contribution < 1.29 is 28.2 Å². The maximum absolute atomic E-state index is 13.2. The Bertz CT molecular complexity index is 791. The SMILES string of the molecule is COC(=O)c1cc(OC)c(OC)cc1NC(=O)Cc1cccc(F)c1. The van der Waals surface area contributed by atoms with Gasteiger partial charge < -0.3 is 19.5 Å². The van der Waals surface area contributed by atoms with E-state index in [1.807, 2.05) is 0 Å². The molecule has 0 spiro atoms. The Labute approximate surface area is 144 Å². The lowest BCUT2D eigenvalue weighted by molar-refractivity contribution is -0.115. The molecule has 0 aromatic heterocycles. The number of carbonyl (C=O) groups is 2. The van der Waals surface area contributed by atoms with Gasteiger partial charge in [0.2, 0.25) is 5.91 Å². The van der Waals surface area contributed by atoms with Crippen LogP contribution in [-0.4, -0.2) is 33.2 Å². The van der Waals surface area contributed by atoms with Crippen molar-refractivity contribution in [1.82, 2.24) is 0 Å². The molecular formula is C18H18FNO5. The van der Waals surface area contributed by atoms with E-state index in [4.69, 9.17) is 14.2 Å². The molecule has 0 saturated heterocycles. The maximum Gasteiger partial charge on any atom is 0.340 e. The molecule has 0 radical (unpaired) electrons. The Balaban J connectivity index is 2.30. The third-order valence-electron chi connectivity index (χ3n) is 3.46. The van der Waals surface area contributed by atoms with Gasteiger partial charge in [0.1, 0.15) is 5.82 Å². The van der Waals surface area contributed by atoms with Crippen LogP contribution in [0, 0.1) is 5.82 Å². The highest BCUT2D eigenvalue weighted by Crippen LogP contribution is 2.33. The van der Waals surface area contributed by atoms with Gasteiger partial charge >= 0.3 is 5.97 Å². The zero-order chi connectivity index (χ0) is 18.4. The van der Waals surface area contributed by atoms with E-state index in [0.29, 0.717) is 17.1 Å². The predicted octanol–water partition coefficient (Wildman–Crippen LogP) is 2.81. The smallest absolute Gasteiger partial charge is 0.340 e. The molecule has 1 amide bonds. The number of ether oxygens (including phenoxy) is 3. The van der Waals surface area contributed by atoms with Crippen LogP contribution in [0.1, 0.15) is 15.9 Å². The minimum atomic E-state index is -0.637. The minimum Gasteiger partial charge on any atom is -0.493 e. The molecule has 7 heteroatoms. The average molecular weight is 347 g/mol. The third-order valence-corrected chi connectivity index (χ3v) is 3.46. The van der Waals surface area contributed by atoms with Gasteiger partial charge in [-0.05, 0) is 17.7 Å². The zero-order valence-electron chi connectivity index (χ0n) is 14.1. The molecule has 2 rings (SSSR count). The van der Waals surface area contributed by atoms with E-state index in [1.165, 1.54) is 51.7 Å². The summed E-state index contributed by atoms with van der Waals surface area (Å²) < 4.78 is 28.3. The molecular weight excluding hydrogens is 329 g/mol. The quantitative estimate of drug-likeness (QED) is 0.814. The summed E-state index contributed by atoms with van der Waals surface area (Å²) in [6.07, 6.45) is -0.0489. The molecule has 0 heterocycles. The van der Waals surface area contributed by atoms with Crippen LogP contribution in [0.5, 0.6) is 11.5 Å². The van der Waals surface area contributed by atoms with E-state index in [2.05, 4.69) is 5.32 Å². The zero-order valence-corrected chi connectivity index (χ0v) is 14.1. The fourth-order valence-electron chi connectivity index (χ4n) is 2.29. The second kappa shape index (κ2) is 8.14. The first-order valence-corrected chi connectivity index (χ1v) is 7.37. The second-order valence-corrected chi connectivity index (χ2v) is 5.10. The molecule has 0 fully saturated rings. The number of halogens is 1. The summed E-state index contributed by atoms with van der Waals surface area (Å²) >= 11 is 0. The summed E-state index contributed by atoms with van der Waals surface area (Å²) in [6, 6.07) is 8.62. The summed E-state index contributed by atoms with van der Waals surface area (Å²) in [7, 11) is 4.10. The van der Waals surface area contributed by atoms with Crippen LogP contribution in [0.2, 0.25) is 0 Å². The van der Waals surface area contributed by atoms with Gasteiger partial charge in [-0.15, -0.1) is 0 Å². The van der Waals surface area contributed by atoms with Gasteiger partial charge in [0.25, 0.3) is 0 Å². The number of amides is 1. The Kier molecular flexibility index (Phi) is 5.94. The molecule has 0 aliphatic heterocycles. The van der Waals surface area contributed by atoms with Crippen LogP contribution in [0.25, 0.3) is 0 Å². The second-order valence-electron chi connectivity index (χ2n) is 5.10. The van der Waals surface area contributed by atoms with Crippen LogP contribution in [0.15, 0.2) is 36.4 Å². The summed E-state index contributed by atoms with van der Waals surface area (Å²) in [5.41, 5.74) is 0.844. The Morgan fingerprint density at radius 1 is 1.04 bits per heavy atom. The fraction of sp³-hybridized carbons (Fsp3) is 0.222. The number of nitrogens with one attached hydrogen (secondary N) is 1. The molecule has 2 aromatic carbocycles. The summed E-state index contributed by atoms with van der Waals surface area (Å²) in [6.45, 7) is 0. The van der Waals surface area contributed by atoms with Crippen LogP contribution in [-0.2, 0) is 16.0 Å². The minimum absolute atomic E-state index is 0.0489. The highest BCUT2D eigenvalue weighted by molar-refractivity contribution is 6.02. The molecule has 0 unspecified atom stereocenters. The first kappa shape index (κ1) is 18.3. The highest BCUT2D eigenvalue weighted by atomic mass is 19.1. The third kappa shape index (κ3) is 4.47. The molecule has 0 atom stereocenters. The molecule has 0 saturated carbocycles. The normalized spacial score (nSPS) is 10.1. The maximum atomic E-state index is 13.2. The van der Waals surface area contributed by atoms with Crippen molar-refractivity contribution in [2.24, 2.45) is 0 Å². The Morgan fingerprint density at radius 2 is 1.72 bits per heavy atom. The molecule has 1 N–H and O–H groups in total.